The maximum absolute atomic E-state index is 12.8. The van der Waals surface area contributed by atoms with Gasteiger partial charge in [-0.05, 0) is 54.1 Å². The first kappa shape index (κ1) is 19.1. The van der Waals surface area contributed by atoms with Gasteiger partial charge in [0.1, 0.15) is 5.82 Å². The zero-order chi connectivity index (χ0) is 18.1. The Morgan fingerprint density at radius 2 is 1.80 bits per heavy atom. The van der Waals surface area contributed by atoms with Gasteiger partial charge in [-0.15, -0.1) is 11.8 Å². The van der Waals surface area contributed by atoms with Crippen molar-refractivity contribution in [3.8, 4) is 11.5 Å². The number of hydrogen-bond donors (Lipinski definition) is 1. The van der Waals surface area contributed by atoms with Crippen molar-refractivity contribution in [2.75, 3.05) is 26.5 Å². The SMILES string of the molecule is COc1ccc(CC(=O)NCCCSc2ccc(F)cc2)cc1OC. The average Bonchev–Trinajstić information content (AvgIpc) is 2.62. The molecule has 2 aromatic rings. The lowest BCUT2D eigenvalue weighted by molar-refractivity contribution is -0.120. The lowest BCUT2D eigenvalue weighted by Gasteiger charge is -2.10. The van der Waals surface area contributed by atoms with E-state index in [-0.39, 0.29) is 11.7 Å². The van der Waals surface area contributed by atoms with E-state index in [1.165, 1.54) is 12.1 Å². The van der Waals surface area contributed by atoms with E-state index >= 15 is 0 Å². The van der Waals surface area contributed by atoms with E-state index in [9.17, 15) is 9.18 Å². The monoisotopic (exact) mass is 363 g/mol. The molecule has 4 nitrogen and oxygen atoms in total. The summed E-state index contributed by atoms with van der Waals surface area (Å²) in [6.07, 6.45) is 1.14. The van der Waals surface area contributed by atoms with Crippen LogP contribution in [-0.2, 0) is 11.2 Å². The van der Waals surface area contributed by atoms with E-state index in [0.717, 1.165) is 22.6 Å². The second-order valence-electron chi connectivity index (χ2n) is 5.37. The highest BCUT2D eigenvalue weighted by Crippen LogP contribution is 2.27. The van der Waals surface area contributed by atoms with Crippen LogP contribution in [0.2, 0.25) is 0 Å². The van der Waals surface area contributed by atoms with E-state index in [2.05, 4.69) is 5.32 Å². The van der Waals surface area contributed by atoms with Gasteiger partial charge in [-0.2, -0.15) is 0 Å². The van der Waals surface area contributed by atoms with Crippen LogP contribution in [0.3, 0.4) is 0 Å². The van der Waals surface area contributed by atoms with E-state index < -0.39 is 0 Å². The molecule has 2 rings (SSSR count). The molecule has 0 bridgehead atoms. The van der Waals surface area contributed by atoms with Crippen molar-refractivity contribution in [2.24, 2.45) is 0 Å². The Morgan fingerprint density at radius 1 is 1.08 bits per heavy atom. The number of hydrogen-bond acceptors (Lipinski definition) is 4. The Hall–Kier alpha value is -2.21. The number of carbonyl (C=O) groups is 1. The third kappa shape index (κ3) is 6.31. The minimum atomic E-state index is -0.230. The predicted octanol–water partition coefficient (Wildman–Crippen LogP) is 3.68. The minimum absolute atomic E-state index is 0.0287. The molecule has 0 aromatic heterocycles. The molecular formula is C19H22FNO3S. The largest absolute Gasteiger partial charge is 0.493 e. The number of benzene rings is 2. The van der Waals surface area contributed by atoms with Gasteiger partial charge in [-0.1, -0.05) is 6.07 Å². The molecule has 0 aliphatic heterocycles. The van der Waals surface area contributed by atoms with Crippen molar-refractivity contribution in [1.29, 1.82) is 0 Å². The van der Waals surface area contributed by atoms with Crippen LogP contribution in [0, 0.1) is 5.82 Å². The highest BCUT2D eigenvalue weighted by Gasteiger charge is 2.08. The summed E-state index contributed by atoms with van der Waals surface area (Å²) in [7, 11) is 3.15. The van der Waals surface area contributed by atoms with Crippen molar-refractivity contribution >= 4 is 17.7 Å². The number of halogens is 1. The van der Waals surface area contributed by atoms with Gasteiger partial charge in [0, 0.05) is 11.4 Å². The van der Waals surface area contributed by atoms with E-state index in [4.69, 9.17) is 9.47 Å². The predicted molar refractivity (Wildman–Crippen MR) is 98.0 cm³/mol. The average molecular weight is 363 g/mol. The number of amides is 1. The maximum atomic E-state index is 12.8. The Labute approximate surface area is 151 Å². The molecule has 2 aromatic carbocycles. The summed E-state index contributed by atoms with van der Waals surface area (Å²) < 4.78 is 23.2. The summed E-state index contributed by atoms with van der Waals surface area (Å²) in [5, 5.41) is 2.91. The topological polar surface area (TPSA) is 47.6 Å². The summed E-state index contributed by atoms with van der Waals surface area (Å²) in [4.78, 5) is 13.0. The lowest BCUT2D eigenvalue weighted by Crippen LogP contribution is -2.26. The fourth-order valence-electron chi connectivity index (χ4n) is 2.26. The van der Waals surface area contributed by atoms with Crippen molar-refractivity contribution < 1.29 is 18.7 Å². The zero-order valence-corrected chi connectivity index (χ0v) is 15.2. The Kier molecular flexibility index (Phi) is 7.60. The molecule has 0 atom stereocenters. The van der Waals surface area contributed by atoms with Gasteiger partial charge < -0.3 is 14.8 Å². The Bertz CT molecular complexity index is 692. The summed E-state index contributed by atoms with van der Waals surface area (Å²) >= 11 is 1.65. The van der Waals surface area contributed by atoms with Crippen LogP contribution in [0.5, 0.6) is 11.5 Å². The third-order valence-electron chi connectivity index (χ3n) is 3.54. The second kappa shape index (κ2) is 9.93. The molecule has 0 fully saturated rings. The van der Waals surface area contributed by atoms with Gasteiger partial charge in [0.25, 0.3) is 0 Å². The van der Waals surface area contributed by atoms with Gasteiger partial charge >= 0.3 is 0 Å². The first-order chi connectivity index (χ1) is 12.1. The Balaban J connectivity index is 1.69. The van der Waals surface area contributed by atoms with Gasteiger partial charge in [0.2, 0.25) is 5.91 Å². The summed E-state index contributed by atoms with van der Waals surface area (Å²) in [5.41, 5.74) is 0.871. The van der Waals surface area contributed by atoms with Crippen LogP contribution in [0.25, 0.3) is 0 Å². The highest BCUT2D eigenvalue weighted by atomic mass is 32.2. The molecule has 0 heterocycles. The number of ether oxygens (including phenoxy) is 2. The highest BCUT2D eigenvalue weighted by molar-refractivity contribution is 7.99. The molecule has 1 amide bonds. The summed E-state index contributed by atoms with van der Waals surface area (Å²) in [5.74, 6) is 1.86. The molecule has 1 N–H and O–H groups in total. The third-order valence-corrected chi connectivity index (χ3v) is 4.64. The zero-order valence-electron chi connectivity index (χ0n) is 14.4. The molecule has 0 unspecified atom stereocenters. The normalized spacial score (nSPS) is 10.4. The fraction of sp³-hybridized carbons (Fsp3) is 0.316. The molecule has 0 saturated heterocycles. The summed E-state index contributed by atoms with van der Waals surface area (Å²) in [6.45, 7) is 0.611. The van der Waals surface area contributed by atoms with Crippen molar-refractivity contribution in [1.82, 2.24) is 5.32 Å². The summed E-state index contributed by atoms with van der Waals surface area (Å²) in [6, 6.07) is 11.9. The van der Waals surface area contributed by atoms with Gasteiger partial charge in [-0.25, -0.2) is 4.39 Å². The first-order valence-electron chi connectivity index (χ1n) is 7.98. The van der Waals surface area contributed by atoms with Crippen LogP contribution in [0.1, 0.15) is 12.0 Å². The fourth-order valence-corrected chi connectivity index (χ4v) is 3.11. The number of nitrogens with one attached hydrogen (secondary N) is 1. The molecule has 0 saturated carbocycles. The van der Waals surface area contributed by atoms with Crippen molar-refractivity contribution in [2.45, 2.75) is 17.7 Å². The molecule has 0 spiro atoms. The van der Waals surface area contributed by atoms with Crippen LogP contribution in [-0.4, -0.2) is 32.4 Å². The van der Waals surface area contributed by atoms with Crippen molar-refractivity contribution in [3.63, 3.8) is 0 Å². The quantitative estimate of drug-likeness (QED) is 0.545. The van der Waals surface area contributed by atoms with E-state index in [1.54, 1.807) is 44.2 Å². The minimum Gasteiger partial charge on any atom is -0.493 e. The molecule has 0 aliphatic rings. The van der Waals surface area contributed by atoms with Crippen LogP contribution in [0.4, 0.5) is 4.39 Å². The van der Waals surface area contributed by atoms with E-state index in [1.807, 2.05) is 12.1 Å². The number of methoxy groups -OCH3 is 2. The molecule has 25 heavy (non-hydrogen) atoms. The number of thioether (sulfide) groups is 1. The second-order valence-corrected chi connectivity index (χ2v) is 6.54. The maximum Gasteiger partial charge on any atom is 0.224 e. The molecule has 0 radical (unpaired) electrons. The number of rotatable bonds is 9. The van der Waals surface area contributed by atoms with Crippen LogP contribution in [0.15, 0.2) is 47.4 Å². The Morgan fingerprint density at radius 3 is 2.48 bits per heavy atom. The first-order valence-corrected chi connectivity index (χ1v) is 8.97. The van der Waals surface area contributed by atoms with Gasteiger partial charge in [0.15, 0.2) is 11.5 Å². The standard InChI is InChI=1S/C19H22FNO3S/c1-23-17-9-4-14(12-18(17)24-2)13-19(22)21-10-3-11-25-16-7-5-15(20)6-8-16/h4-9,12H,3,10-11,13H2,1-2H3,(H,21,22). The smallest absolute Gasteiger partial charge is 0.224 e. The molecule has 0 aliphatic carbocycles. The van der Waals surface area contributed by atoms with Crippen molar-refractivity contribution in [3.05, 3.63) is 53.8 Å². The van der Waals surface area contributed by atoms with Crippen LogP contribution >= 0.6 is 11.8 Å². The van der Waals surface area contributed by atoms with E-state index in [0.29, 0.717) is 24.5 Å². The molecule has 134 valence electrons. The molecule has 6 heteroatoms. The van der Waals surface area contributed by atoms with Gasteiger partial charge in [-0.3, -0.25) is 4.79 Å². The lowest BCUT2D eigenvalue weighted by atomic mass is 10.1. The number of carbonyl (C=O) groups excluding carboxylic acids is 1. The van der Waals surface area contributed by atoms with Gasteiger partial charge in [0.05, 0.1) is 20.6 Å². The molecular weight excluding hydrogens is 341 g/mol. The van der Waals surface area contributed by atoms with Crippen LogP contribution < -0.4 is 14.8 Å².